The molecule has 16 heavy (non-hydrogen) atoms. The topological polar surface area (TPSA) is 41.3 Å². The predicted octanol–water partition coefficient (Wildman–Crippen LogP) is 2.63. The van der Waals surface area contributed by atoms with Crippen molar-refractivity contribution in [1.82, 2.24) is 4.90 Å². The van der Waals surface area contributed by atoms with Gasteiger partial charge in [0.25, 0.3) is 0 Å². The molecule has 0 radical (unpaired) electrons. The minimum atomic E-state index is 0.833. The van der Waals surface area contributed by atoms with Crippen LogP contribution in [0, 0.1) is 3.57 Å². The second kappa shape index (κ2) is 6.96. The molecule has 0 amide bonds. The van der Waals surface area contributed by atoms with E-state index in [1.807, 2.05) is 12.1 Å². The third kappa shape index (κ3) is 5.03. The maximum atomic E-state index is 5.91. The molecule has 0 spiro atoms. The second-order valence-corrected chi connectivity index (χ2v) is 5.41. The second-order valence-electron chi connectivity index (χ2n) is 4.17. The third-order valence-electron chi connectivity index (χ3n) is 2.36. The van der Waals surface area contributed by atoms with Gasteiger partial charge < -0.3 is 16.0 Å². The van der Waals surface area contributed by atoms with Crippen molar-refractivity contribution in [1.29, 1.82) is 0 Å². The number of nitrogen functional groups attached to an aromatic ring is 1. The zero-order valence-electron chi connectivity index (χ0n) is 9.96. The van der Waals surface area contributed by atoms with E-state index in [4.69, 9.17) is 5.73 Å². The Morgan fingerprint density at radius 3 is 2.69 bits per heavy atom. The van der Waals surface area contributed by atoms with Gasteiger partial charge in [-0.2, -0.15) is 0 Å². The minimum absolute atomic E-state index is 0.833. The Balaban J connectivity index is 2.27. The Kier molecular flexibility index (Phi) is 5.90. The summed E-state index contributed by atoms with van der Waals surface area (Å²) in [5.41, 5.74) is 7.79. The summed E-state index contributed by atoms with van der Waals surface area (Å²) in [5.74, 6) is 0. The highest BCUT2D eigenvalue weighted by atomic mass is 127. The molecule has 0 aliphatic heterocycles. The Morgan fingerprint density at radius 2 is 2.06 bits per heavy atom. The van der Waals surface area contributed by atoms with Crippen LogP contribution >= 0.6 is 22.6 Å². The maximum absolute atomic E-state index is 5.91. The van der Waals surface area contributed by atoms with E-state index >= 15 is 0 Å². The van der Waals surface area contributed by atoms with Gasteiger partial charge in [0.15, 0.2) is 0 Å². The van der Waals surface area contributed by atoms with E-state index in [2.05, 4.69) is 53.0 Å². The zero-order chi connectivity index (χ0) is 12.0. The first-order valence-electron chi connectivity index (χ1n) is 5.53. The summed E-state index contributed by atoms with van der Waals surface area (Å²) in [6.45, 7) is 2.13. The van der Waals surface area contributed by atoms with Crippen molar-refractivity contribution < 1.29 is 0 Å². The van der Waals surface area contributed by atoms with Crippen molar-refractivity contribution in [2.24, 2.45) is 0 Å². The van der Waals surface area contributed by atoms with Crippen LogP contribution in [0.5, 0.6) is 0 Å². The zero-order valence-corrected chi connectivity index (χ0v) is 12.1. The van der Waals surface area contributed by atoms with Crippen molar-refractivity contribution in [3.05, 3.63) is 21.8 Å². The van der Waals surface area contributed by atoms with Crippen LogP contribution in [0.1, 0.15) is 12.8 Å². The largest absolute Gasteiger partial charge is 0.397 e. The summed E-state index contributed by atoms with van der Waals surface area (Å²) in [6.07, 6.45) is 2.38. The number of halogens is 1. The molecule has 0 saturated heterocycles. The molecule has 3 nitrogen and oxygen atoms in total. The van der Waals surface area contributed by atoms with Gasteiger partial charge in [-0.25, -0.2) is 0 Å². The molecular weight excluding hydrogens is 313 g/mol. The first kappa shape index (κ1) is 13.6. The molecule has 90 valence electrons. The molecule has 0 saturated carbocycles. The first-order chi connectivity index (χ1) is 7.59. The number of hydrogen-bond donors (Lipinski definition) is 2. The molecule has 1 aromatic carbocycles. The number of nitrogens with one attached hydrogen (secondary N) is 1. The van der Waals surface area contributed by atoms with Crippen LogP contribution in [0.25, 0.3) is 0 Å². The van der Waals surface area contributed by atoms with E-state index < -0.39 is 0 Å². The minimum Gasteiger partial charge on any atom is -0.397 e. The van der Waals surface area contributed by atoms with Crippen molar-refractivity contribution in [2.45, 2.75) is 12.8 Å². The van der Waals surface area contributed by atoms with Gasteiger partial charge in [-0.3, -0.25) is 0 Å². The number of benzene rings is 1. The molecular formula is C12H20IN3. The van der Waals surface area contributed by atoms with Crippen molar-refractivity contribution in [2.75, 3.05) is 38.2 Å². The fraction of sp³-hybridized carbons (Fsp3) is 0.500. The predicted molar refractivity (Wildman–Crippen MR) is 79.8 cm³/mol. The molecule has 1 rings (SSSR count). The summed E-state index contributed by atoms with van der Waals surface area (Å²) in [4.78, 5) is 2.21. The van der Waals surface area contributed by atoms with Crippen molar-refractivity contribution in [3.8, 4) is 0 Å². The van der Waals surface area contributed by atoms with Crippen molar-refractivity contribution >= 4 is 34.0 Å². The number of rotatable bonds is 6. The average molecular weight is 333 g/mol. The van der Waals surface area contributed by atoms with Gasteiger partial charge in [-0.05, 0) is 74.3 Å². The molecule has 4 heteroatoms. The molecule has 0 fully saturated rings. The van der Waals surface area contributed by atoms with Crippen LogP contribution in [0.2, 0.25) is 0 Å². The van der Waals surface area contributed by atoms with Gasteiger partial charge in [0, 0.05) is 10.1 Å². The normalized spacial score (nSPS) is 10.8. The smallest absolute Gasteiger partial charge is 0.0574 e. The number of unbranched alkanes of at least 4 members (excludes halogenated alkanes) is 1. The van der Waals surface area contributed by atoms with E-state index in [0.29, 0.717) is 0 Å². The molecule has 0 unspecified atom stereocenters. The van der Waals surface area contributed by atoms with Crippen LogP contribution in [0.3, 0.4) is 0 Å². The van der Waals surface area contributed by atoms with Crippen molar-refractivity contribution in [3.63, 3.8) is 0 Å². The lowest BCUT2D eigenvalue weighted by molar-refractivity contribution is 0.396. The lowest BCUT2D eigenvalue weighted by Crippen LogP contribution is -2.14. The maximum Gasteiger partial charge on any atom is 0.0574 e. The summed E-state index contributed by atoms with van der Waals surface area (Å²) < 4.78 is 1.17. The highest BCUT2D eigenvalue weighted by Crippen LogP contribution is 2.20. The lowest BCUT2D eigenvalue weighted by atomic mass is 10.2. The van der Waals surface area contributed by atoms with Gasteiger partial charge in [0.1, 0.15) is 0 Å². The molecule has 0 aromatic heterocycles. The summed E-state index contributed by atoms with van der Waals surface area (Å²) in [7, 11) is 4.20. The summed E-state index contributed by atoms with van der Waals surface area (Å²) >= 11 is 2.27. The van der Waals surface area contributed by atoms with E-state index in [-0.39, 0.29) is 0 Å². The standard InChI is InChI=1S/C12H20IN3/c1-16(2)8-4-3-7-15-12-6-5-10(13)9-11(12)14/h5-6,9,15H,3-4,7-8,14H2,1-2H3. The SMILES string of the molecule is CN(C)CCCCNc1ccc(I)cc1N. The summed E-state index contributed by atoms with van der Waals surface area (Å²) in [6, 6.07) is 6.10. The lowest BCUT2D eigenvalue weighted by Gasteiger charge is -2.11. The van der Waals surface area contributed by atoms with Gasteiger partial charge in [0.05, 0.1) is 11.4 Å². The monoisotopic (exact) mass is 333 g/mol. The molecule has 3 N–H and O–H groups in total. The Bertz CT molecular complexity index is 326. The number of hydrogen-bond acceptors (Lipinski definition) is 3. The van der Waals surface area contributed by atoms with Crippen LogP contribution < -0.4 is 11.1 Å². The molecule has 0 aliphatic rings. The highest BCUT2D eigenvalue weighted by molar-refractivity contribution is 14.1. The van der Waals surface area contributed by atoms with Gasteiger partial charge in [-0.1, -0.05) is 0 Å². The van der Waals surface area contributed by atoms with E-state index in [1.165, 1.54) is 16.4 Å². The summed E-state index contributed by atoms with van der Waals surface area (Å²) in [5, 5.41) is 3.37. The van der Waals surface area contributed by atoms with E-state index in [9.17, 15) is 0 Å². The van der Waals surface area contributed by atoms with Gasteiger partial charge >= 0.3 is 0 Å². The third-order valence-corrected chi connectivity index (χ3v) is 3.03. The molecule has 0 aliphatic carbocycles. The number of anilines is 2. The quantitative estimate of drug-likeness (QED) is 0.478. The van der Waals surface area contributed by atoms with Crippen LogP contribution in [-0.4, -0.2) is 32.1 Å². The number of nitrogens with zero attached hydrogens (tertiary/aromatic N) is 1. The fourth-order valence-corrected chi connectivity index (χ4v) is 1.99. The number of nitrogens with two attached hydrogens (primary N) is 1. The first-order valence-corrected chi connectivity index (χ1v) is 6.61. The van der Waals surface area contributed by atoms with Crippen LogP contribution in [0.15, 0.2) is 18.2 Å². The highest BCUT2D eigenvalue weighted by Gasteiger charge is 1.98. The Hall–Kier alpha value is -0.490. The molecule has 0 heterocycles. The van der Waals surface area contributed by atoms with E-state index in [1.54, 1.807) is 0 Å². The van der Waals surface area contributed by atoms with Crippen LogP contribution in [0.4, 0.5) is 11.4 Å². The average Bonchev–Trinajstić information content (AvgIpc) is 2.20. The Labute approximate surface area is 112 Å². The van der Waals surface area contributed by atoms with Gasteiger partial charge in [0.2, 0.25) is 0 Å². The Morgan fingerprint density at radius 1 is 1.31 bits per heavy atom. The van der Waals surface area contributed by atoms with Gasteiger partial charge in [-0.15, -0.1) is 0 Å². The molecule has 0 atom stereocenters. The van der Waals surface area contributed by atoms with E-state index in [0.717, 1.165) is 24.5 Å². The molecule has 0 bridgehead atoms. The molecule has 1 aromatic rings. The fourth-order valence-electron chi connectivity index (χ4n) is 1.47. The van der Waals surface area contributed by atoms with Crippen LogP contribution in [-0.2, 0) is 0 Å².